The summed E-state index contributed by atoms with van der Waals surface area (Å²) in [6.07, 6.45) is 4.96. The van der Waals surface area contributed by atoms with Gasteiger partial charge in [-0.1, -0.05) is 18.2 Å². The summed E-state index contributed by atoms with van der Waals surface area (Å²) in [7, 11) is 0. The molecule has 0 radical (unpaired) electrons. The topological polar surface area (TPSA) is 75.4 Å². The number of nitrogens with two attached hydrogens (primary N) is 1. The second-order valence-electron chi connectivity index (χ2n) is 7.12. The number of carbonyl (C=O) groups excluding carboxylic acids is 2. The number of carbonyl (C=O) groups is 2. The number of nitrogens with zero attached hydrogens (tertiary/aromatic N) is 1. The summed E-state index contributed by atoms with van der Waals surface area (Å²) >= 11 is 1.50. The number of aryl methyl sites for hydroxylation is 2. The largest absolute Gasteiger partial charge is 0.365 e. The van der Waals surface area contributed by atoms with Gasteiger partial charge in [0.25, 0.3) is 5.91 Å². The van der Waals surface area contributed by atoms with Gasteiger partial charge in [-0.05, 0) is 56.2 Å². The van der Waals surface area contributed by atoms with Crippen molar-refractivity contribution in [3.8, 4) is 0 Å². The predicted molar refractivity (Wildman–Crippen MR) is 105 cm³/mol. The Balaban J connectivity index is 1.54. The number of anilines is 2. The number of hydrogen-bond donors (Lipinski definition) is 2. The molecule has 0 saturated carbocycles. The fourth-order valence-corrected chi connectivity index (χ4v) is 5.39. The Bertz CT molecular complexity index is 874. The third-order valence-corrected chi connectivity index (χ3v) is 6.61. The molecule has 4 rings (SSSR count). The van der Waals surface area contributed by atoms with E-state index in [0.29, 0.717) is 16.6 Å². The molecular weight excluding hydrogens is 346 g/mol. The van der Waals surface area contributed by atoms with Gasteiger partial charge in [-0.3, -0.25) is 9.59 Å². The SMILES string of the molecule is CC1CCc2ccccc2N1CC(=O)Nc1sc2c(c1C(N)=O)CCC2. The minimum atomic E-state index is -0.448. The van der Waals surface area contributed by atoms with Crippen LogP contribution < -0.4 is 16.0 Å². The van der Waals surface area contributed by atoms with Gasteiger partial charge in [0.05, 0.1) is 12.1 Å². The van der Waals surface area contributed by atoms with Crippen molar-refractivity contribution in [2.24, 2.45) is 5.73 Å². The quantitative estimate of drug-likeness (QED) is 0.869. The summed E-state index contributed by atoms with van der Waals surface area (Å²) in [5.41, 5.74) is 9.55. The Morgan fingerprint density at radius 1 is 1.27 bits per heavy atom. The fraction of sp³-hybridized carbons (Fsp3) is 0.400. The van der Waals surface area contributed by atoms with Gasteiger partial charge in [-0.2, -0.15) is 0 Å². The number of benzene rings is 1. The standard InChI is InChI=1S/C20H23N3O2S/c1-12-9-10-13-5-2-3-7-15(13)23(12)11-17(24)22-20-18(19(21)25)14-6-4-8-16(14)26-20/h2-3,5,7,12H,4,6,8-11H2,1H3,(H2,21,25)(H,22,24). The van der Waals surface area contributed by atoms with Crippen molar-refractivity contribution in [1.82, 2.24) is 0 Å². The third kappa shape index (κ3) is 2.98. The Kier molecular flexibility index (Phi) is 4.44. The molecule has 2 heterocycles. The van der Waals surface area contributed by atoms with Crippen molar-refractivity contribution in [2.75, 3.05) is 16.8 Å². The van der Waals surface area contributed by atoms with E-state index in [2.05, 4.69) is 29.3 Å². The lowest BCUT2D eigenvalue weighted by Crippen LogP contribution is -2.42. The highest BCUT2D eigenvalue weighted by atomic mass is 32.1. The lowest BCUT2D eigenvalue weighted by Gasteiger charge is -2.36. The van der Waals surface area contributed by atoms with Crippen molar-refractivity contribution in [2.45, 2.75) is 45.1 Å². The first kappa shape index (κ1) is 17.1. The molecule has 6 heteroatoms. The average molecular weight is 369 g/mol. The van der Waals surface area contributed by atoms with E-state index in [9.17, 15) is 9.59 Å². The van der Waals surface area contributed by atoms with Crippen molar-refractivity contribution in [1.29, 1.82) is 0 Å². The number of amides is 2. The van der Waals surface area contributed by atoms with E-state index < -0.39 is 5.91 Å². The number of rotatable bonds is 4. The van der Waals surface area contributed by atoms with Gasteiger partial charge >= 0.3 is 0 Å². The lowest BCUT2D eigenvalue weighted by atomic mass is 9.96. The van der Waals surface area contributed by atoms with E-state index >= 15 is 0 Å². The minimum absolute atomic E-state index is 0.101. The van der Waals surface area contributed by atoms with Crippen LogP contribution in [0.5, 0.6) is 0 Å². The molecule has 5 nitrogen and oxygen atoms in total. The van der Waals surface area contributed by atoms with Crippen LogP contribution in [0.25, 0.3) is 0 Å². The van der Waals surface area contributed by atoms with Crippen LogP contribution in [0.4, 0.5) is 10.7 Å². The maximum absolute atomic E-state index is 12.7. The Morgan fingerprint density at radius 3 is 2.88 bits per heavy atom. The average Bonchev–Trinajstić information content (AvgIpc) is 3.17. The van der Waals surface area contributed by atoms with E-state index in [0.717, 1.165) is 43.4 Å². The number of para-hydroxylation sites is 1. The zero-order valence-corrected chi connectivity index (χ0v) is 15.7. The van der Waals surface area contributed by atoms with Crippen LogP contribution in [-0.2, 0) is 24.1 Å². The van der Waals surface area contributed by atoms with Crippen LogP contribution in [0.15, 0.2) is 24.3 Å². The van der Waals surface area contributed by atoms with Gasteiger partial charge in [-0.25, -0.2) is 0 Å². The predicted octanol–water partition coefficient (Wildman–Crippen LogP) is 3.12. The fourth-order valence-electron chi connectivity index (χ4n) is 4.07. The molecule has 1 aliphatic carbocycles. The minimum Gasteiger partial charge on any atom is -0.365 e. The number of thiophene rings is 1. The summed E-state index contributed by atoms with van der Waals surface area (Å²) in [4.78, 5) is 28.0. The smallest absolute Gasteiger partial charge is 0.251 e. The third-order valence-electron chi connectivity index (χ3n) is 5.40. The van der Waals surface area contributed by atoms with Crippen LogP contribution in [0.1, 0.15) is 46.1 Å². The van der Waals surface area contributed by atoms with Crippen LogP contribution in [0, 0.1) is 0 Å². The Hall–Kier alpha value is -2.34. The highest BCUT2D eigenvalue weighted by Gasteiger charge is 2.28. The molecule has 0 spiro atoms. The molecule has 2 amide bonds. The van der Waals surface area contributed by atoms with Crippen molar-refractivity contribution in [3.63, 3.8) is 0 Å². The zero-order chi connectivity index (χ0) is 18.3. The second-order valence-corrected chi connectivity index (χ2v) is 8.22. The number of nitrogens with one attached hydrogen (secondary N) is 1. The highest BCUT2D eigenvalue weighted by Crippen LogP contribution is 2.39. The van der Waals surface area contributed by atoms with E-state index in [4.69, 9.17) is 5.73 Å². The summed E-state index contributed by atoms with van der Waals surface area (Å²) in [6, 6.07) is 8.56. The number of hydrogen-bond acceptors (Lipinski definition) is 4. The van der Waals surface area contributed by atoms with Crippen molar-refractivity contribution < 1.29 is 9.59 Å². The molecule has 1 atom stereocenters. The summed E-state index contributed by atoms with van der Waals surface area (Å²) in [6.45, 7) is 2.43. The van der Waals surface area contributed by atoms with Crippen molar-refractivity contribution in [3.05, 3.63) is 45.8 Å². The normalized spacial score (nSPS) is 18.3. The molecule has 1 aliphatic heterocycles. The van der Waals surface area contributed by atoms with Gasteiger partial charge in [0, 0.05) is 16.6 Å². The van der Waals surface area contributed by atoms with E-state index in [1.807, 2.05) is 12.1 Å². The molecule has 1 unspecified atom stereocenters. The maximum atomic E-state index is 12.7. The first-order chi connectivity index (χ1) is 12.5. The molecule has 1 aromatic carbocycles. The number of primary amides is 1. The summed E-state index contributed by atoms with van der Waals surface area (Å²) < 4.78 is 0. The lowest BCUT2D eigenvalue weighted by molar-refractivity contribution is -0.115. The summed E-state index contributed by atoms with van der Waals surface area (Å²) in [5, 5.41) is 3.57. The Labute approximate surface area is 157 Å². The van der Waals surface area contributed by atoms with E-state index in [-0.39, 0.29) is 12.5 Å². The van der Waals surface area contributed by atoms with Gasteiger partial charge in [0.2, 0.25) is 5.91 Å². The Morgan fingerprint density at radius 2 is 2.08 bits per heavy atom. The monoisotopic (exact) mass is 369 g/mol. The van der Waals surface area contributed by atoms with Crippen LogP contribution >= 0.6 is 11.3 Å². The molecule has 3 N–H and O–H groups in total. The molecule has 2 aromatic rings. The van der Waals surface area contributed by atoms with Crippen LogP contribution in [0.2, 0.25) is 0 Å². The molecular formula is C20H23N3O2S. The van der Waals surface area contributed by atoms with Gasteiger partial charge in [0.1, 0.15) is 5.00 Å². The molecule has 0 bridgehead atoms. The van der Waals surface area contributed by atoms with E-state index in [1.165, 1.54) is 21.8 Å². The molecule has 0 fully saturated rings. The summed E-state index contributed by atoms with van der Waals surface area (Å²) in [5.74, 6) is -0.549. The first-order valence-electron chi connectivity index (χ1n) is 9.13. The van der Waals surface area contributed by atoms with Gasteiger partial charge < -0.3 is 16.0 Å². The molecule has 26 heavy (non-hydrogen) atoms. The second kappa shape index (κ2) is 6.76. The van der Waals surface area contributed by atoms with Crippen LogP contribution in [0.3, 0.4) is 0 Å². The van der Waals surface area contributed by atoms with Gasteiger partial charge in [-0.15, -0.1) is 11.3 Å². The van der Waals surface area contributed by atoms with Gasteiger partial charge in [0.15, 0.2) is 0 Å². The van der Waals surface area contributed by atoms with E-state index in [1.54, 1.807) is 0 Å². The van der Waals surface area contributed by atoms with Crippen molar-refractivity contribution >= 4 is 33.8 Å². The number of fused-ring (bicyclic) bond motifs is 2. The molecule has 0 saturated heterocycles. The maximum Gasteiger partial charge on any atom is 0.251 e. The van der Waals surface area contributed by atoms with Crippen LogP contribution in [-0.4, -0.2) is 24.4 Å². The highest BCUT2D eigenvalue weighted by molar-refractivity contribution is 7.17. The molecule has 2 aliphatic rings. The first-order valence-corrected chi connectivity index (χ1v) is 9.95. The zero-order valence-electron chi connectivity index (χ0n) is 14.9. The molecule has 1 aromatic heterocycles. The molecule has 136 valence electrons.